The lowest BCUT2D eigenvalue weighted by Crippen LogP contribution is -2.42. The van der Waals surface area contributed by atoms with E-state index in [-0.39, 0.29) is 27.4 Å². The Hall–Kier alpha value is -1.11. The molecule has 0 spiro atoms. The first-order chi connectivity index (χ1) is 9.31. The maximum atomic E-state index is 12.2. The third kappa shape index (κ3) is 3.13. The summed E-state index contributed by atoms with van der Waals surface area (Å²) in [5.41, 5.74) is 0.234. The highest BCUT2D eigenvalue weighted by molar-refractivity contribution is 7.89. The molecule has 7 heteroatoms. The van der Waals surface area contributed by atoms with Gasteiger partial charge in [-0.05, 0) is 38.5 Å². The number of benzene rings is 1. The Labute approximate surface area is 124 Å². The van der Waals surface area contributed by atoms with Gasteiger partial charge in [0.2, 0.25) is 10.0 Å². The molecule has 5 nitrogen and oxygen atoms in total. The quantitative estimate of drug-likeness (QED) is 0.922. The summed E-state index contributed by atoms with van der Waals surface area (Å²) in [6.07, 6.45) is 0.969. The summed E-state index contributed by atoms with van der Waals surface area (Å²) in [6, 6.07) is 3.97. The molecule has 0 saturated carbocycles. The number of nitrogens with one attached hydrogen (secondary N) is 1. The van der Waals surface area contributed by atoms with E-state index in [2.05, 4.69) is 4.72 Å². The molecular formula is C13H17ClN2O3S. The van der Waals surface area contributed by atoms with Crippen LogP contribution in [0.1, 0.15) is 30.6 Å². The molecular weight excluding hydrogens is 300 g/mol. The second-order valence-corrected chi connectivity index (χ2v) is 7.18. The molecule has 1 heterocycles. The third-order valence-corrected chi connectivity index (χ3v) is 5.00. The minimum Gasteiger partial charge on any atom is -0.338 e. The van der Waals surface area contributed by atoms with E-state index in [0.29, 0.717) is 13.1 Å². The van der Waals surface area contributed by atoms with Gasteiger partial charge in [0.25, 0.3) is 5.91 Å². The first-order valence-corrected chi connectivity index (χ1v) is 8.28. The standard InChI is InChI=1S/C13H17ClN2O3S/c1-9(2)15-20(18,19)10-4-5-12(14)11(8-10)13(17)16-6-3-7-16/h4-5,8-9,15H,3,6-7H2,1-2H3. The molecule has 1 aromatic carbocycles. The number of carbonyl (C=O) groups excluding carboxylic acids is 1. The van der Waals surface area contributed by atoms with Crippen LogP contribution in [0.25, 0.3) is 0 Å². The van der Waals surface area contributed by atoms with E-state index in [1.165, 1.54) is 18.2 Å². The summed E-state index contributed by atoms with van der Waals surface area (Å²) in [5, 5.41) is 0.269. The van der Waals surface area contributed by atoms with E-state index in [1.807, 2.05) is 0 Å². The van der Waals surface area contributed by atoms with Gasteiger partial charge in [-0.25, -0.2) is 13.1 Å². The van der Waals surface area contributed by atoms with Crippen molar-refractivity contribution in [3.63, 3.8) is 0 Å². The van der Waals surface area contributed by atoms with Crippen molar-refractivity contribution in [2.24, 2.45) is 0 Å². The van der Waals surface area contributed by atoms with E-state index in [1.54, 1.807) is 18.7 Å². The molecule has 0 bridgehead atoms. The van der Waals surface area contributed by atoms with Gasteiger partial charge in [-0.3, -0.25) is 4.79 Å². The first-order valence-electron chi connectivity index (χ1n) is 6.42. The number of hydrogen-bond acceptors (Lipinski definition) is 3. The van der Waals surface area contributed by atoms with Gasteiger partial charge in [0.1, 0.15) is 0 Å². The molecule has 110 valence electrons. The van der Waals surface area contributed by atoms with Crippen LogP contribution >= 0.6 is 11.6 Å². The Bertz CT molecular complexity index is 625. The zero-order valence-corrected chi connectivity index (χ0v) is 13.0. The zero-order chi connectivity index (χ0) is 14.9. The number of nitrogens with zero attached hydrogens (tertiary/aromatic N) is 1. The largest absolute Gasteiger partial charge is 0.338 e. The minimum absolute atomic E-state index is 0.0551. The van der Waals surface area contributed by atoms with Crippen molar-refractivity contribution >= 4 is 27.5 Å². The predicted octanol–water partition coefficient (Wildman–Crippen LogP) is 1.87. The number of sulfonamides is 1. The van der Waals surface area contributed by atoms with E-state index >= 15 is 0 Å². The van der Waals surface area contributed by atoms with Crippen molar-refractivity contribution in [2.45, 2.75) is 31.2 Å². The van der Waals surface area contributed by atoms with Gasteiger partial charge in [-0.15, -0.1) is 0 Å². The van der Waals surface area contributed by atoms with Crippen molar-refractivity contribution in [2.75, 3.05) is 13.1 Å². The smallest absolute Gasteiger partial charge is 0.255 e. The van der Waals surface area contributed by atoms with Gasteiger partial charge in [-0.1, -0.05) is 11.6 Å². The fourth-order valence-electron chi connectivity index (χ4n) is 1.90. The molecule has 1 aliphatic heterocycles. The molecule has 1 fully saturated rings. The molecule has 2 rings (SSSR count). The number of halogens is 1. The molecule has 1 N–H and O–H groups in total. The fourth-order valence-corrected chi connectivity index (χ4v) is 3.38. The average molecular weight is 317 g/mol. The van der Waals surface area contributed by atoms with Gasteiger partial charge in [0.15, 0.2) is 0 Å². The van der Waals surface area contributed by atoms with Gasteiger partial charge in [0, 0.05) is 19.1 Å². The van der Waals surface area contributed by atoms with Crippen LogP contribution in [0.15, 0.2) is 23.1 Å². The van der Waals surface area contributed by atoms with Gasteiger partial charge >= 0.3 is 0 Å². The van der Waals surface area contributed by atoms with Crippen LogP contribution in [-0.2, 0) is 10.0 Å². The molecule has 0 aromatic heterocycles. The number of likely N-dealkylation sites (tertiary alicyclic amines) is 1. The summed E-state index contributed by atoms with van der Waals surface area (Å²) < 4.78 is 26.7. The highest BCUT2D eigenvalue weighted by Gasteiger charge is 2.25. The Kier molecular flexibility index (Phi) is 4.36. The van der Waals surface area contributed by atoms with Crippen molar-refractivity contribution in [1.29, 1.82) is 0 Å². The topological polar surface area (TPSA) is 66.5 Å². The number of carbonyl (C=O) groups is 1. The average Bonchev–Trinajstić information content (AvgIpc) is 2.24. The summed E-state index contributed by atoms with van der Waals surface area (Å²) in [4.78, 5) is 13.9. The lowest BCUT2D eigenvalue weighted by molar-refractivity contribution is 0.0652. The van der Waals surface area contributed by atoms with E-state index < -0.39 is 10.0 Å². The highest BCUT2D eigenvalue weighted by atomic mass is 35.5. The zero-order valence-electron chi connectivity index (χ0n) is 11.4. The Morgan fingerprint density at radius 2 is 2.00 bits per heavy atom. The number of amides is 1. The molecule has 0 radical (unpaired) electrons. The van der Waals surface area contributed by atoms with Crippen molar-refractivity contribution in [3.05, 3.63) is 28.8 Å². The molecule has 1 amide bonds. The predicted molar refractivity (Wildman–Crippen MR) is 77.4 cm³/mol. The molecule has 0 atom stereocenters. The second kappa shape index (κ2) is 5.71. The molecule has 0 aliphatic carbocycles. The summed E-state index contributed by atoms with van der Waals surface area (Å²) >= 11 is 6.01. The molecule has 1 aliphatic rings. The maximum Gasteiger partial charge on any atom is 0.255 e. The van der Waals surface area contributed by atoms with E-state index in [9.17, 15) is 13.2 Å². The SMILES string of the molecule is CC(C)NS(=O)(=O)c1ccc(Cl)c(C(=O)N2CCC2)c1. The molecule has 1 saturated heterocycles. The van der Waals surface area contributed by atoms with E-state index in [0.717, 1.165) is 6.42 Å². The van der Waals surface area contributed by atoms with E-state index in [4.69, 9.17) is 11.6 Å². The summed E-state index contributed by atoms with van der Waals surface area (Å²) in [5.74, 6) is -0.220. The van der Waals surface area contributed by atoms with Crippen molar-refractivity contribution in [3.8, 4) is 0 Å². The van der Waals surface area contributed by atoms with Crippen LogP contribution in [0, 0.1) is 0 Å². The fraction of sp³-hybridized carbons (Fsp3) is 0.462. The Morgan fingerprint density at radius 1 is 1.35 bits per heavy atom. The first kappa shape index (κ1) is 15.3. The highest BCUT2D eigenvalue weighted by Crippen LogP contribution is 2.24. The van der Waals surface area contributed by atoms with Crippen LogP contribution in [0.3, 0.4) is 0 Å². The Balaban J connectivity index is 2.35. The lowest BCUT2D eigenvalue weighted by atomic mass is 10.1. The Morgan fingerprint density at radius 3 is 2.50 bits per heavy atom. The second-order valence-electron chi connectivity index (χ2n) is 5.06. The molecule has 1 aromatic rings. The molecule has 20 heavy (non-hydrogen) atoms. The van der Waals surface area contributed by atoms with Gasteiger partial charge in [0.05, 0.1) is 15.5 Å². The van der Waals surface area contributed by atoms with Crippen LogP contribution < -0.4 is 4.72 Å². The van der Waals surface area contributed by atoms with Gasteiger partial charge in [-0.2, -0.15) is 0 Å². The monoisotopic (exact) mass is 316 g/mol. The van der Waals surface area contributed by atoms with Crippen LogP contribution in [0.5, 0.6) is 0 Å². The lowest BCUT2D eigenvalue weighted by Gasteiger charge is -2.31. The summed E-state index contributed by atoms with van der Waals surface area (Å²) in [7, 11) is -3.63. The number of hydrogen-bond donors (Lipinski definition) is 1. The maximum absolute atomic E-state index is 12.2. The normalized spacial score (nSPS) is 15.3. The van der Waals surface area contributed by atoms with Crippen molar-refractivity contribution < 1.29 is 13.2 Å². The minimum atomic E-state index is -3.63. The van der Waals surface area contributed by atoms with Gasteiger partial charge < -0.3 is 4.90 Å². The summed E-state index contributed by atoms with van der Waals surface area (Å²) in [6.45, 7) is 4.85. The van der Waals surface area contributed by atoms with Crippen LogP contribution in [0.4, 0.5) is 0 Å². The molecule has 0 unspecified atom stereocenters. The van der Waals surface area contributed by atoms with Crippen LogP contribution in [-0.4, -0.2) is 38.4 Å². The van der Waals surface area contributed by atoms with Crippen LogP contribution in [0.2, 0.25) is 5.02 Å². The number of rotatable bonds is 4. The third-order valence-electron chi connectivity index (χ3n) is 3.01. The van der Waals surface area contributed by atoms with Crippen molar-refractivity contribution in [1.82, 2.24) is 9.62 Å².